The van der Waals surface area contributed by atoms with E-state index >= 15 is 0 Å². The molecule has 4 nitrogen and oxygen atoms in total. The van der Waals surface area contributed by atoms with Crippen LogP contribution in [0, 0.1) is 0 Å². The summed E-state index contributed by atoms with van der Waals surface area (Å²) in [7, 11) is 2.03. The third-order valence-electron chi connectivity index (χ3n) is 2.51. The summed E-state index contributed by atoms with van der Waals surface area (Å²) in [6, 6.07) is 0.359. The number of aromatic nitrogens is 2. The highest BCUT2D eigenvalue weighted by atomic mass is 16.5. The summed E-state index contributed by atoms with van der Waals surface area (Å²) < 4.78 is 7.65. The molecule has 0 aliphatic rings. The van der Waals surface area contributed by atoms with Crippen LogP contribution in [0.3, 0.4) is 0 Å². The number of imidazole rings is 1. The molecule has 4 heteroatoms. The Morgan fingerprint density at radius 2 is 2.31 bits per heavy atom. The molecule has 1 unspecified atom stereocenters. The Bertz CT molecular complexity index is 286. The maximum absolute atomic E-state index is 5.59. The van der Waals surface area contributed by atoms with Crippen molar-refractivity contribution < 1.29 is 4.74 Å². The van der Waals surface area contributed by atoms with Gasteiger partial charge in [0, 0.05) is 38.5 Å². The first-order valence-corrected chi connectivity index (χ1v) is 6.05. The first-order chi connectivity index (χ1) is 7.77. The summed E-state index contributed by atoms with van der Waals surface area (Å²) in [6.07, 6.45) is 5.80. The zero-order valence-corrected chi connectivity index (χ0v) is 10.6. The van der Waals surface area contributed by atoms with E-state index in [-0.39, 0.29) is 0 Å². The van der Waals surface area contributed by atoms with E-state index in [1.54, 1.807) is 0 Å². The Labute approximate surface area is 98.0 Å². The van der Waals surface area contributed by atoms with Gasteiger partial charge in [0.1, 0.15) is 5.82 Å². The van der Waals surface area contributed by atoms with Crippen LogP contribution in [0.1, 0.15) is 26.1 Å². The van der Waals surface area contributed by atoms with Gasteiger partial charge in [-0.15, -0.1) is 0 Å². The van der Waals surface area contributed by atoms with Crippen LogP contribution in [0.15, 0.2) is 12.4 Å². The summed E-state index contributed by atoms with van der Waals surface area (Å²) in [5.41, 5.74) is 0. The molecule has 0 aliphatic heterocycles. The van der Waals surface area contributed by atoms with Gasteiger partial charge in [0.25, 0.3) is 0 Å². The third kappa shape index (κ3) is 4.33. The van der Waals surface area contributed by atoms with Gasteiger partial charge in [0.15, 0.2) is 0 Å². The Hall–Kier alpha value is -0.870. The summed E-state index contributed by atoms with van der Waals surface area (Å²) in [6.45, 7) is 6.80. The average Bonchev–Trinajstić information content (AvgIpc) is 2.65. The van der Waals surface area contributed by atoms with Crippen molar-refractivity contribution in [1.82, 2.24) is 14.9 Å². The van der Waals surface area contributed by atoms with Crippen LogP contribution in [0.2, 0.25) is 0 Å². The molecule has 1 N–H and O–H groups in total. The van der Waals surface area contributed by atoms with E-state index in [1.807, 2.05) is 19.4 Å². The van der Waals surface area contributed by atoms with Gasteiger partial charge in [-0.1, -0.05) is 13.8 Å². The van der Waals surface area contributed by atoms with E-state index in [2.05, 4.69) is 28.7 Å². The smallest absolute Gasteiger partial charge is 0.110 e. The van der Waals surface area contributed by atoms with Crippen molar-refractivity contribution in [3.8, 4) is 0 Å². The lowest BCUT2D eigenvalue weighted by Gasteiger charge is -2.17. The van der Waals surface area contributed by atoms with Crippen molar-refractivity contribution in [2.24, 2.45) is 7.05 Å². The highest BCUT2D eigenvalue weighted by Crippen LogP contribution is 2.01. The molecular weight excluding hydrogens is 202 g/mol. The zero-order valence-electron chi connectivity index (χ0n) is 10.6. The largest absolute Gasteiger partial charge is 0.380 e. The fourth-order valence-electron chi connectivity index (χ4n) is 1.66. The van der Waals surface area contributed by atoms with Gasteiger partial charge in [0.05, 0.1) is 6.61 Å². The zero-order chi connectivity index (χ0) is 11.8. The molecule has 0 fully saturated rings. The highest BCUT2D eigenvalue weighted by Gasteiger charge is 2.11. The van der Waals surface area contributed by atoms with Gasteiger partial charge in [-0.25, -0.2) is 4.98 Å². The van der Waals surface area contributed by atoms with Gasteiger partial charge in [-0.05, 0) is 13.0 Å². The minimum Gasteiger partial charge on any atom is -0.380 e. The van der Waals surface area contributed by atoms with Gasteiger partial charge in [0.2, 0.25) is 0 Å². The van der Waals surface area contributed by atoms with Gasteiger partial charge >= 0.3 is 0 Å². The second-order valence-electron chi connectivity index (χ2n) is 3.99. The van der Waals surface area contributed by atoms with Crippen LogP contribution in [0.4, 0.5) is 0 Å². The maximum Gasteiger partial charge on any atom is 0.110 e. The topological polar surface area (TPSA) is 39.1 Å². The average molecular weight is 225 g/mol. The van der Waals surface area contributed by atoms with E-state index in [9.17, 15) is 0 Å². The van der Waals surface area contributed by atoms with Crippen molar-refractivity contribution in [2.45, 2.75) is 32.7 Å². The molecule has 1 aromatic heterocycles. The fraction of sp³-hybridized carbons (Fsp3) is 0.750. The molecule has 0 bridgehead atoms. The predicted octanol–water partition coefficient (Wildman–Crippen LogP) is 1.37. The van der Waals surface area contributed by atoms with Crippen molar-refractivity contribution in [3.63, 3.8) is 0 Å². The number of aryl methyl sites for hydroxylation is 1. The summed E-state index contributed by atoms with van der Waals surface area (Å²) in [5.74, 6) is 1.10. The van der Waals surface area contributed by atoms with Gasteiger partial charge in [-0.2, -0.15) is 0 Å². The van der Waals surface area contributed by atoms with Gasteiger partial charge < -0.3 is 14.6 Å². The number of hydrogen-bond acceptors (Lipinski definition) is 3. The van der Waals surface area contributed by atoms with Gasteiger partial charge in [-0.3, -0.25) is 0 Å². The molecule has 0 spiro atoms. The van der Waals surface area contributed by atoms with Crippen LogP contribution in [0.25, 0.3) is 0 Å². The molecule has 92 valence electrons. The lowest BCUT2D eigenvalue weighted by atomic mass is 10.2. The Morgan fingerprint density at radius 3 is 2.88 bits per heavy atom. The number of nitrogens with zero attached hydrogens (tertiary/aromatic N) is 2. The van der Waals surface area contributed by atoms with Crippen LogP contribution in [-0.4, -0.2) is 35.4 Å². The number of rotatable bonds is 8. The second kappa shape index (κ2) is 7.41. The van der Waals surface area contributed by atoms with E-state index in [4.69, 9.17) is 4.74 Å². The molecule has 0 saturated heterocycles. The molecule has 16 heavy (non-hydrogen) atoms. The van der Waals surface area contributed by atoms with E-state index in [0.717, 1.165) is 38.4 Å². The van der Waals surface area contributed by atoms with Crippen molar-refractivity contribution >= 4 is 0 Å². The van der Waals surface area contributed by atoms with E-state index < -0.39 is 0 Å². The van der Waals surface area contributed by atoms with Crippen molar-refractivity contribution in [1.29, 1.82) is 0 Å². The van der Waals surface area contributed by atoms with E-state index in [0.29, 0.717) is 6.04 Å². The van der Waals surface area contributed by atoms with E-state index in [1.165, 1.54) is 0 Å². The minimum atomic E-state index is 0.359. The second-order valence-corrected chi connectivity index (χ2v) is 3.99. The molecule has 1 heterocycles. The Balaban J connectivity index is 2.41. The first kappa shape index (κ1) is 13.2. The molecule has 0 amide bonds. The fourth-order valence-corrected chi connectivity index (χ4v) is 1.66. The monoisotopic (exact) mass is 225 g/mol. The Morgan fingerprint density at radius 1 is 1.50 bits per heavy atom. The number of likely N-dealkylation sites (N-methyl/N-ethyl adjacent to an activating group) is 1. The predicted molar refractivity (Wildman–Crippen MR) is 65.5 cm³/mol. The first-order valence-electron chi connectivity index (χ1n) is 6.05. The van der Waals surface area contributed by atoms with Crippen molar-refractivity contribution in [3.05, 3.63) is 18.2 Å². The quantitative estimate of drug-likeness (QED) is 0.679. The maximum atomic E-state index is 5.59. The highest BCUT2D eigenvalue weighted by molar-refractivity contribution is 4.94. The lowest BCUT2D eigenvalue weighted by molar-refractivity contribution is 0.111. The molecular formula is C12H23N3O. The standard InChI is InChI=1S/C12H23N3O/c1-4-8-16-10-11(13-5-2)9-12-14-6-7-15(12)3/h6-7,11,13H,4-5,8-10H2,1-3H3. The number of nitrogens with one attached hydrogen (secondary N) is 1. The Kier molecular flexibility index (Phi) is 6.11. The lowest BCUT2D eigenvalue weighted by Crippen LogP contribution is -2.36. The SMILES string of the molecule is CCCOCC(Cc1nccn1C)NCC. The third-order valence-corrected chi connectivity index (χ3v) is 2.51. The molecule has 1 rings (SSSR count). The minimum absolute atomic E-state index is 0.359. The molecule has 1 aromatic rings. The molecule has 1 atom stereocenters. The van der Waals surface area contributed by atoms with Crippen molar-refractivity contribution in [2.75, 3.05) is 19.8 Å². The normalized spacial score (nSPS) is 12.9. The number of hydrogen-bond donors (Lipinski definition) is 1. The van der Waals surface area contributed by atoms with Crippen LogP contribution in [-0.2, 0) is 18.2 Å². The van der Waals surface area contributed by atoms with Crippen LogP contribution < -0.4 is 5.32 Å². The van der Waals surface area contributed by atoms with Crippen LogP contribution >= 0.6 is 0 Å². The molecule has 0 aliphatic carbocycles. The summed E-state index contributed by atoms with van der Waals surface area (Å²) >= 11 is 0. The summed E-state index contributed by atoms with van der Waals surface area (Å²) in [4.78, 5) is 4.33. The molecule has 0 saturated carbocycles. The number of ether oxygens (including phenoxy) is 1. The van der Waals surface area contributed by atoms with Crippen LogP contribution in [0.5, 0.6) is 0 Å². The molecule has 0 radical (unpaired) electrons. The molecule has 0 aromatic carbocycles. The summed E-state index contributed by atoms with van der Waals surface area (Å²) in [5, 5.41) is 3.43.